The number of aromatic carboxylic acids is 2. The molecule has 0 fully saturated rings. The average Bonchev–Trinajstić information content (AvgIpc) is 3.61. The maximum absolute atomic E-state index is 11.8. The van der Waals surface area contributed by atoms with Gasteiger partial charge in [0.2, 0.25) is 5.69 Å². The maximum Gasteiger partial charge on any atom is 0.335 e. The summed E-state index contributed by atoms with van der Waals surface area (Å²) in [6.07, 6.45) is 10.6. The van der Waals surface area contributed by atoms with E-state index in [4.69, 9.17) is 11.6 Å². The highest BCUT2D eigenvalue weighted by Gasteiger charge is 2.45. The van der Waals surface area contributed by atoms with Crippen LogP contribution in [0.15, 0.2) is 82.6 Å². The third-order valence-electron chi connectivity index (χ3n) is 10.5. The van der Waals surface area contributed by atoms with E-state index in [2.05, 4.69) is 9.48 Å². The molecule has 0 saturated carbocycles. The molecule has 1 aliphatic carbocycles. The predicted molar refractivity (Wildman–Crippen MR) is 209 cm³/mol. The Morgan fingerprint density at radius 1 is 0.796 bits per heavy atom. The summed E-state index contributed by atoms with van der Waals surface area (Å²) in [7, 11) is -8.20. The molecule has 0 amide bonds. The van der Waals surface area contributed by atoms with Gasteiger partial charge in [-0.05, 0) is 99.1 Å². The number of carboxylic acids is 2. The molecule has 15 heteroatoms. The van der Waals surface area contributed by atoms with Crippen LogP contribution in [0.5, 0.6) is 0 Å². The summed E-state index contributed by atoms with van der Waals surface area (Å²) in [4.78, 5) is 25.7. The summed E-state index contributed by atoms with van der Waals surface area (Å²) in [5.74, 6) is -2.78. The maximum atomic E-state index is 11.8. The Balaban J connectivity index is 1.47. The zero-order valence-corrected chi connectivity index (χ0v) is 33.1. The van der Waals surface area contributed by atoms with E-state index in [1.54, 1.807) is 36.4 Å². The third-order valence-corrected chi connectivity index (χ3v) is 12.6. The van der Waals surface area contributed by atoms with Gasteiger partial charge < -0.3 is 15.1 Å². The summed E-state index contributed by atoms with van der Waals surface area (Å²) in [5, 5.41) is 19.9. The highest BCUT2D eigenvalue weighted by molar-refractivity contribution is 7.86. The fourth-order valence-electron chi connectivity index (χ4n) is 7.57. The standard InChI is InChI=1S/C39H45ClN2O10S2/c1-38(2)29-23-27(36(43)44)11-15-31(29)41(19-5-7-21-53(47,48)49)33(38)17-13-25-9-10-26(35(25)40)14-18-34-39(3,4)30-24-28(37(45)46)12-16-32(30)42(34)20-6-8-22-54(50,51)52/h11-18,23-24H,5-10,19-22H2,1-4H3,(H3-,43,44,45,46,47,48,49,50,51,52)/p+1. The van der Waals surface area contributed by atoms with Crippen molar-refractivity contribution in [3.05, 3.63) is 105 Å². The molecule has 54 heavy (non-hydrogen) atoms. The van der Waals surface area contributed by atoms with Crippen molar-refractivity contribution in [3.63, 3.8) is 0 Å². The van der Waals surface area contributed by atoms with E-state index in [0.717, 1.165) is 45.1 Å². The molecule has 0 spiro atoms. The van der Waals surface area contributed by atoms with Crippen molar-refractivity contribution in [2.75, 3.05) is 29.5 Å². The molecule has 0 atom stereocenters. The summed E-state index contributed by atoms with van der Waals surface area (Å²) in [6.45, 7) is 8.92. The first kappa shape index (κ1) is 41.1. The van der Waals surface area contributed by atoms with Crippen LogP contribution in [0, 0.1) is 0 Å². The van der Waals surface area contributed by atoms with E-state index in [9.17, 15) is 45.7 Å². The lowest BCUT2D eigenvalue weighted by Gasteiger charge is -2.27. The van der Waals surface area contributed by atoms with Crippen molar-refractivity contribution in [2.24, 2.45) is 0 Å². The molecule has 0 saturated heterocycles. The van der Waals surface area contributed by atoms with Gasteiger partial charge in [-0.1, -0.05) is 37.6 Å². The Kier molecular flexibility index (Phi) is 11.9. The minimum atomic E-state index is -4.10. The highest BCUT2D eigenvalue weighted by atomic mass is 35.5. The highest BCUT2D eigenvalue weighted by Crippen LogP contribution is 2.49. The minimum absolute atomic E-state index is 0.163. The van der Waals surface area contributed by atoms with E-state index in [0.29, 0.717) is 43.8 Å². The van der Waals surface area contributed by atoms with Gasteiger partial charge in [-0.2, -0.15) is 21.4 Å². The number of fused-ring (bicyclic) bond motifs is 2. The van der Waals surface area contributed by atoms with Crippen molar-refractivity contribution in [2.45, 2.75) is 77.0 Å². The number of nitrogens with zero attached hydrogens (tertiary/aromatic N) is 2. The first-order valence-corrected chi connectivity index (χ1v) is 21.3. The molecule has 2 aromatic carbocycles. The lowest BCUT2D eigenvalue weighted by Crippen LogP contribution is -2.28. The Bertz CT molecular complexity index is 2270. The van der Waals surface area contributed by atoms with Crippen LogP contribution in [0.1, 0.15) is 98.1 Å². The van der Waals surface area contributed by atoms with E-state index in [1.165, 1.54) is 0 Å². The van der Waals surface area contributed by atoms with Crippen molar-refractivity contribution >= 4 is 60.9 Å². The minimum Gasteiger partial charge on any atom is -0.478 e. The fourth-order valence-corrected chi connectivity index (χ4v) is 9.03. The van der Waals surface area contributed by atoms with Crippen LogP contribution in [0.4, 0.5) is 11.4 Å². The van der Waals surface area contributed by atoms with Gasteiger partial charge in [-0.15, -0.1) is 0 Å². The summed E-state index contributed by atoms with van der Waals surface area (Å²) in [5.41, 5.74) is 6.03. The SMILES string of the molecule is CC1(C)C(=CC=C2CCC(C=CC3=[N+](CCCCS(=O)(=O)O)c4ccc(C(=O)O)cc4C3(C)C)=C2Cl)N(CCCCS(=O)(=O)O)c2ccc(C(=O)O)cc21. The van der Waals surface area contributed by atoms with Crippen LogP contribution < -0.4 is 4.90 Å². The Labute approximate surface area is 321 Å². The van der Waals surface area contributed by atoms with Gasteiger partial charge in [0, 0.05) is 52.5 Å². The number of halogens is 1. The van der Waals surface area contributed by atoms with Gasteiger partial charge in [0.05, 0.1) is 28.0 Å². The second kappa shape index (κ2) is 15.6. The van der Waals surface area contributed by atoms with E-state index in [1.807, 2.05) is 52.0 Å². The van der Waals surface area contributed by atoms with Crippen LogP contribution in [-0.4, -0.2) is 83.0 Å². The molecule has 0 radical (unpaired) electrons. The number of hydrogen-bond acceptors (Lipinski definition) is 7. The third kappa shape index (κ3) is 8.89. The van der Waals surface area contributed by atoms with Gasteiger partial charge >= 0.3 is 11.9 Å². The molecular formula is C39H46ClN2O10S2+. The molecule has 2 aromatic rings. The van der Waals surface area contributed by atoms with Crippen molar-refractivity contribution in [3.8, 4) is 0 Å². The quantitative estimate of drug-likeness (QED) is 0.0807. The number of allylic oxidation sites excluding steroid dienone is 8. The number of unbranched alkanes of at least 4 members (excludes halogenated alkanes) is 2. The second-order valence-electron chi connectivity index (χ2n) is 14.9. The number of hydrogen-bond donors (Lipinski definition) is 4. The predicted octanol–water partition coefficient (Wildman–Crippen LogP) is 7.25. The van der Waals surface area contributed by atoms with E-state index in [-0.39, 0.29) is 35.5 Å². The van der Waals surface area contributed by atoms with Crippen LogP contribution in [0.2, 0.25) is 0 Å². The van der Waals surface area contributed by atoms with Gasteiger partial charge in [-0.3, -0.25) is 9.11 Å². The number of rotatable bonds is 15. The molecule has 2 aliphatic heterocycles. The number of carbonyl (C=O) groups is 2. The molecule has 2 heterocycles. The fraction of sp³-hybridized carbons (Fsp3) is 0.410. The normalized spacial score (nSPS) is 19.4. The number of benzene rings is 2. The van der Waals surface area contributed by atoms with Gasteiger partial charge in [0.15, 0.2) is 5.71 Å². The largest absolute Gasteiger partial charge is 0.478 e. The average molecular weight is 802 g/mol. The smallest absolute Gasteiger partial charge is 0.335 e. The van der Waals surface area contributed by atoms with Gasteiger partial charge in [-0.25, -0.2) is 9.59 Å². The number of anilines is 1. The Hall–Kier alpha value is -4.08. The molecule has 0 aromatic heterocycles. The molecule has 12 nitrogen and oxygen atoms in total. The summed E-state index contributed by atoms with van der Waals surface area (Å²) < 4.78 is 65.9. The molecule has 5 rings (SSSR count). The van der Waals surface area contributed by atoms with Crippen molar-refractivity contribution in [1.82, 2.24) is 0 Å². The molecule has 0 bridgehead atoms. The topological polar surface area (TPSA) is 190 Å². The van der Waals surface area contributed by atoms with Crippen LogP contribution >= 0.6 is 11.6 Å². The Morgan fingerprint density at radius 3 is 2.00 bits per heavy atom. The zero-order chi connectivity index (χ0) is 39.8. The molecule has 3 aliphatic rings. The Morgan fingerprint density at radius 2 is 1.39 bits per heavy atom. The van der Waals surface area contributed by atoms with E-state index >= 15 is 0 Å². The zero-order valence-electron chi connectivity index (χ0n) is 30.7. The second-order valence-corrected chi connectivity index (χ2v) is 18.4. The van der Waals surface area contributed by atoms with Gasteiger partial charge in [0.1, 0.15) is 6.54 Å². The molecule has 0 unspecified atom stereocenters. The van der Waals surface area contributed by atoms with Crippen molar-refractivity contribution in [1.29, 1.82) is 0 Å². The lowest BCUT2D eigenvalue weighted by atomic mass is 9.80. The molecule has 4 N–H and O–H groups in total. The van der Waals surface area contributed by atoms with Crippen molar-refractivity contribution < 1.29 is 50.3 Å². The van der Waals surface area contributed by atoms with E-state index < -0.39 is 43.0 Å². The van der Waals surface area contributed by atoms with Crippen LogP contribution in [0.3, 0.4) is 0 Å². The van der Waals surface area contributed by atoms with Gasteiger partial charge in [0.25, 0.3) is 20.2 Å². The summed E-state index contributed by atoms with van der Waals surface area (Å²) in [6, 6.07) is 9.97. The first-order chi connectivity index (χ1) is 25.1. The number of carboxylic acid groups (broad SMARTS) is 2. The molecule has 290 valence electrons. The monoisotopic (exact) mass is 801 g/mol. The summed E-state index contributed by atoms with van der Waals surface area (Å²) >= 11 is 7.01. The van der Waals surface area contributed by atoms with Crippen LogP contribution in [-0.2, 0) is 31.1 Å². The lowest BCUT2D eigenvalue weighted by molar-refractivity contribution is -0.438. The first-order valence-electron chi connectivity index (χ1n) is 17.7. The van der Waals surface area contributed by atoms with Crippen LogP contribution in [0.25, 0.3) is 0 Å². The molecular weight excluding hydrogens is 756 g/mol.